The summed E-state index contributed by atoms with van der Waals surface area (Å²) in [5.74, 6) is 3.84. The summed E-state index contributed by atoms with van der Waals surface area (Å²) in [6.45, 7) is 7.11. The zero-order valence-corrected chi connectivity index (χ0v) is 40.5. The molecule has 0 saturated carbocycles. The van der Waals surface area contributed by atoms with Gasteiger partial charge in [-0.1, -0.05) is 76.1 Å². The molecule has 362 valence electrons. The quantitative estimate of drug-likeness (QED) is 0.0463. The molecule has 1 fully saturated rings. The first-order chi connectivity index (χ1) is 31.1. The molecule has 2 aromatic rings. The van der Waals surface area contributed by atoms with Crippen LogP contribution in [0.3, 0.4) is 0 Å². The summed E-state index contributed by atoms with van der Waals surface area (Å²) in [5, 5.41) is 8.88. The Balaban J connectivity index is 1.72. The number of carbonyl (C=O) groups is 5. The Morgan fingerprint density at radius 2 is 1.55 bits per heavy atom. The van der Waals surface area contributed by atoms with E-state index in [9.17, 15) is 24.0 Å². The molecule has 1 saturated heterocycles. The van der Waals surface area contributed by atoms with E-state index in [2.05, 4.69) is 32.7 Å². The maximum atomic E-state index is 14.3. The molecule has 0 bridgehead atoms. The first kappa shape index (κ1) is 54.2. The fourth-order valence-corrected chi connectivity index (χ4v) is 8.49. The molecule has 0 aliphatic carbocycles. The largest absolute Gasteiger partial charge is 0.379 e. The predicted octanol–water partition coefficient (Wildman–Crippen LogP) is 3.82. The lowest BCUT2D eigenvalue weighted by molar-refractivity contribution is -0.145. The maximum Gasteiger partial charge on any atom is 0.247 e. The summed E-state index contributed by atoms with van der Waals surface area (Å²) < 4.78 is 12.0. The number of ether oxygens (including phenoxy) is 2. The second-order valence-corrected chi connectivity index (χ2v) is 17.4. The summed E-state index contributed by atoms with van der Waals surface area (Å²) in [4.78, 5) is 84.5. The lowest BCUT2D eigenvalue weighted by Gasteiger charge is -2.39. The highest BCUT2D eigenvalue weighted by Gasteiger charge is 2.42. The molecule has 7 atom stereocenters. The number of hydrogen-bond donors (Lipinski definition) is 4. The number of methoxy groups -OCH3 is 2. The van der Waals surface area contributed by atoms with Gasteiger partial charge in [0.25, 0.3) is 0 Å². The van der Waals surface area contributed by atoms with Crippen molar-refractivity contribution in [2.24, 2.45) is 22.7 Å². The number of likely N-dealkylation sites (tertiary alicyclic amines) is 1. The molecule has 17 heteroatoms. The summed E-state index contributed by atoms with van der Waals surface area (Å²) in [6, 6.07) is 14.9. The standard InChI is InChI=1S/C48H77N9O8/c1-11-33(2)44(56(8)43(60)32-51-48(54(4)5)55(6)7)40(63-9)30-42(59)57-27-18-21-39(57)45(64-10)34(3)46(61)53-38(29-35-19-14-12-15-20-35)47(62)52-37-25-23-36(24-26-37)31-50-41(58)22-16-13-17-28-65-49/h12,14-15,19-20,23-26,33-34,38-40,44-45H,11,13,16-18,21-22,27-32,49H2,1-10H3,(H,50,58)(H,52,62)(H,53,61)/t33-,34+,38-,39-,40+,44-,45+/m0/s1. The monoisotopic (exact) mass is 908 g/mol. The number of amides is 5. The summed E-state index contributed by atoms with van der Waals surface area (Å²) in [5.41, 5.74) is 2.28. The second kappa shape index (κ2) is 28.1. The summed E-state index contributed by atoms with van der Waals surface area (Å²) >= 11 is 0. The topological polar surface area (TPSA) is 200 Å². The van der Waals surface area contributed by atoms with Gasteiger partial charge in [-0.2, -0.15) is 0 Å². The van der Waals surface area contributed by atoms with Gasteiger partial charge in [-0.05, 0) is 54.9 Å². The van der Waals surface area contributed by atoms with Crippen LogP contribution in [-0.2, 0) is 51.2 Å². The van der Waals surface area contributed by atoms with Crippen molar-refractivity contribution in [3.63, 3.8) is 0 Å². The van der Waals surface area contributed by atoms with E-state index in [1.54, 1.807) is 43.0 Å². The van der Waals surface area contributed by atoms with Gasteiger partial charge in [0.2, 0.25) is 29.5 Å². The van der Waals surface area contributed by atoms with Crippen LogP contribution in [-0.4, -0.2) is 155 Å². The summed E-state index contributed by atoms with van der Waals surface area (Å²) in [6.07, 6.45) is 3.93. The van der Waals surface area contributed by atoms with E-state index >= 15 is 0 Å². The third-order valence-corrected chi connectivity index (χ3v) is 12.3. The number of nitrogens with one attached hydrogen (secondary N) is 3. The normalized spacial score (nSPS) is 16.3. The van der Waals surface area contributed by atoms with Crippen molar-refractivity contribution in [2.45, 2.75) is 115 Å². The van der Waals surface area contributed by atoms with Gasteiger partial charge >= 0.3 is 0 Å². The number of nitrogens with zero attached hydrogens (tertiary/aromatic N) is 5. The van der Waals surface area contributed by atoms with Crippen molar-refractivity contribution in [2.75, 3.05) is 74.5 Å². The van der Waals surface area contributed by atoms with Gasteiger partial charge in [0, 0.05) is 81.1 Å². The Bertz CT molecular complexity index is 1800. The maximum absolute atomic E-state index is 14.3. The highest BCUT2D eigenvalue weighted by atomic mass is 16.6. The average Bonchev–Trinajstić information content (AvgIpc) is 3.78. The minimum Gasteiger partial charge on any atom is -0.379 e. The van der Waals surface area contributed by atoms with Crippen molar-refractivity contribution < 1.29 is 38.3 Å². The van der Waals surface area contributed by atoms with Crippen LogP contribution >= 0.6 is 0 Å². The number of anilines is 1. The van der Waals surface area contributed by atoms with Crippen LogP contribution in [0.15, 0.2) is 59.6 Å². The molecule has 5 amide bonds. The fraction of sp³-hybridized carbons (Fsp3) is 0.625. The van der Waals surface area contributed by atoms with Crippen LogP contribution in [0.25, 0.3) is 0 Å². The molecule has 0 aromatic heterocycles. The number of benzene rings is 2. The van der Waals surface area contributed by atoms with Gasteiger partial charge in [0.15, 0.2) is 5.96 Å². The van der Waals surface area contributed by atoms with Gasteiger partial charge in [0.05, 0.1) is 43.2 Å². The van der Waals surface area contributed by atoms with Crippen LogP contribution in [0.1, 0.15) is 83.3 Å². The molecule has 1 aliphatic rings. The van der Waals surface area contributed by atoms with Crippen molar-refractivity contribution in [1.29, 1.82) is 0 Å². The number of carbonyl (C=O) groups excluding carboxylic acids is 5. The molecule has 0 radical (unpaired) electrons. The number of hydrogen-bond acceptors (Lipinski definition) is 10. The lowest BCUT2D eigenvalue weighted by atomic mass is 9.90. The minimum atomic E-state index is -0.927. The van der Waals surface area contributed by atoms with E-state index in [4.69, 9.17) is 15.4 Å². The molecule has 2 aromatic carbocycles. The predicted molar refractivity (Wildman–Crippen MR) is 253 cm³/mol. The Hall–Kier alpha value is -5.10. The summed E-state index contributed by atoms with van der Waals surface area (Å²) in [7, 11) is 12.3. The molecule has 0 unspecified atom stereocenters. The third kappa shape index (κ3) is 17.0. The number of nitrogens with two attached hydrogens (primary N) is 1. The van der Waals surface area contributed by atoms with Gasteiger partial charge in [-0.15, -0.1) is 0 Å². The molecule has 17 nitrogen and oxygen atoms in total. The minimum absolute atomic E-state index is 0.0149. The molecule has 1 heterocycles. The van der Waals surface area contributed by atoms with E-state index < -0.39 is 42.2 Å². The molecular weight excluding hydrogens is 831 g/mol. The fourth-order valence-electron chi connectivity index (χ4n) is 8.49. The molecule has 65 heavy (non-hydrogen) atoms. The molecule has 1 aliphatic heterocycles. The second-order valence-electron chi connectivity index (χ2n) is 17.4. The van der Waals surface area contributed by atoms with E-state index in [0.717, 1.165) is 43.2 Å². The van der Waals surface area contributed by atoms with Crippen LogP contribution in [0, 0.1) is 11.8 Å². The van der Waals surface area contributed by atoms with E-state index in [0.29, 0.717) is 44.2 Å². The number of aliphatic imine (C=N–C) groups is 1. The van der Waals surface area contributed by atoms with Crippen molar-refractivity contribution in [3.05, 3.63) is 65.7 Å². The first-order valence-corrected chi connectivity index (χ1v) is 22.9. The number of guanidine groups is 1. The van der Waals surface area contributed by atoms with Crippen LogP contribution in [0.2, 0.25) is 0 Å². The number of rotatable bonds is 26. The Labute approximate surface area is 387 Å². The Morgan fingerprint density at radius 3 is 2.15 bits per heavy atom. The molecule has 5 N–H and O–H groups in total. The average molecular weight is 908 g/mol. The third-order valence-electron chi connectivity index (χ3n) is 12.3. The molecule has 0 spiro atoms. The van der Waals surface area contributed by atoms with E-state index in [1.165, 1.54) is 7.11 Å². The van der Waals surface area contributed by atoms with Crippen LogP contribution < -0.4 is 21.8 Å². The lowest BCUT2D eigenvalue weighted by Crippen LogP contribution is -2.54. The number of likely N-dealkylation sites (N-methyl/N-ethyl adjacent to an activating group) is 1. The van der Waals surface area contributed by atoms with Crippen molar-refractivity contribution in [3.8, 4) is 0 Å². The van der Waals surface area contributed by atoms with Gasteiger partial charge in [0.1, 0.15) is 12.6 Å². The van der Waals surface area contributed by atoms with E-state index in [1.807, 2.05) is 87.4 Å². The zero-order valence-electron chi connectivity index (χ0n) is 40.5. The van der Waals surface area contributed by atoms with Crippen molar-refractivity contribution >= 4 is 41.2 Å². The smallest absolute Gasteiger partial charge is 0.247 e. The molecular formula is C48H77N9O8. The van der Waals surface area contributed by atoms with Crippen LogP contribution in [0.4, 0.5) is 5.69 Å². The van der Waals surface area contributed by atoms with Crippen molar-refractivity contribution in [1.82, 2.24) is 30.2 Å². The highest BCUT2D eigenvalue weighted by Crippen LogP contribution is 2.29. The van der Waals surface area contributed by atoms with E-state index in [-0.39, 0.29) is 48.9 Å². The van der Waals surface area contributed by atoms with Gasteiger partial charge in [-0.3, -0.25) is 24.0 Å². The molecule has 3 rings (SSSR count). The Morgan fingerprint density at radius 1 is 0.877 bits per heavy atom. The first-order valence-electron chi connectivity index (χ1n) is 22.9. The van der Waals surface area contributed by atoms with Gasteiger partial charge < -0.3 is 49.9 Å². The SMILES string of the molecule is CC[C@H](C)[C@@H]([C@@H](CC(=O)N1CCC[C@H]1[C@H](OC)[C@@H](C)C(=O)N[C@@H](Cc1ccccc1)C(=O)Nc1ccc(CNC(=O)CCCCCON)cc1)OC)N(C)C(=O)CN=C(N(C)C)N(C)C. The number of unbranched alkanes of at least 4 members (excludes halogenated alkanes) is 2. The Kier molecular flexibility index (Phi) is 23.4. The van der Waals surface area contributed by atoms with Gasteiger partial charge in [-0.25, -0.2) is 10.9 Å². The highest BCUT2D eigenvalue weighted by molar-refractivity contribution is 5.97. The zero-order chi connectivity index (χ0) is 48.1. The van der Waals surface area contributed by atoms with Crippen LogP contribution in [0.5, 0.6) is 0 Å².